The fourth-order valence-electron chi connectivity index (χ4n) is 0.958. The maximum Gasteiger partial charge on any atom is 0.315 e. The third kappa shape index (κ3) is 3.33. The van der Waals surface area contributed by atoms with Crippen LogP contribution in [-0.4, -0.2) is 16.7 Å². The summed E-state index contributed by atoms with van der Waals surface area (Å²) < 4.78 is 5.27. The first-order valence-electron chi connectivity index (χ1n) is 4.92. The van der Waals surface area contributed by atoms with Crippen molar-refractivity contribution in [1.82, 2.24) is 10.2 Å². The number of rotatable bonds is 5. The van der Waals surface area contributed by atoms with E-state index in [9.17, 15) is 0 Å². The first kappa shape index (κ1) is 11.0. The average molecular weight is 198 g/mol. The lowest BCUT2D eigenvalue weighted by molar-refractivity contribution is 0.470. The van der Waals surface area contributed by atoms with Gasteiger partial charge >= 0.3 is 6.01 Å². The van der Waals surface area contributed by atoms with Gasteiger partial charge in [-0.25, -0.2) is 0 Å². The second-order valence-electron chi connectivity index (χ2n) is 3.84. The summed E-state index contributed by atoms with van der Waals surface area (Å²) in [7, 11) is 0. The molecule has 14 heavy (non-hydrogen) atoms. The molecule has 1 atom stereocenters. The zero-order chi connectivity index (χ0) is 10.6. The van der Waals surface area contributed by atoms with Gasteiger partial charge in [-0.3, -0.25) is 0 Å². The van der Waals surface area contributed by atoms with Crippen molar-refractivity contribution in [3.63, 3.8) is 0 Å². The Hall–Kier alpha value is -1.10. The van der Waals surface area contributed by atoms with E-state index in [1.165, 1.54) is 0 Å². The Morgan fingerprint density at radius 1 is 1.36 bits per heavy atom. The van der Waals surface area contributed by atoms with Crippen LogP contribution in [0.1, 0.15) is 39.1 Å². The van der Waals surface area contributed by atoms with Crippen LogP contribution in [0.2, 0.25) is 0 Å². The van der Waals surface area contributed by atoms with Crippen LogP contribution in [0.3, 0.4) is 0 Å². The van der Waals surface area contributed by atoms with Crippen molar-refractivity contribution in [3.05, 3.63) is 5.89 Å². The molecule has 1 unspecified atom stereocenters. The minimum absolute atomic E-state index is 0.205. The number of hydrogen-bond donors (Lipinski definition) is 2. The third-order valence-electron chi connectivity index (χ3n) is 1.83. The molecule has 1 heterocycles. The van der Waals surface area contributed by atoms with Gasteiger partial charge in [-0.15, -0.1) is 5.10 Å². The van der Waals surface area contributed by atoms with Crippen LogP contribution in [0.4, 0.5) is 6.01 Å². The van der Waals surface area contributed by atoms with Gasteiger partial charge < -0.3 is 15.5 Å². The van der Waals surface area contributed by atoms with Crippen molar-refractivity contribution in [2.75, 3.05) is 11.9 Å². The van der Waals surface area contributed by atoms with Gasteiger partial charge in [-0.2, -0.15) is 0 Å². The van der Waals surface area contributed by atoms with Crippen molar-refractivity contribution < 1.29 is 4.42 Å². The minimum atomic E-state index is -0.205. The molecule has 0 saturated carbocycles. The van der Waals surface area contributed by atoms with E-state index in [-0.39, 0.29) is 6.04 Å². The van der Waals surface area contributed by atoms with Gasteiger partial charge in [0, 0.05) is 6.54 Å². The highest BCUT2D eigenvalue weighted by Gasteiger charge is 2.08. The Labute approximate surface area is 84.1 Å². The van der Waals surface area contributed by atoms with Crippen LogP contribution in [0.25, 0.3) is 0 Å². The maximum atomic E-state index is 5.58. The summed E-state index contributed by atoms with van der Waals surface area (Å²) in [5.41, 5.74) is 5.58. The Kier molecular flexibility index (Phi) is 3.88. The molecule has 1 aromatic rings. The SMILES string of the molecule is CC(C)CCNc1nnc(C(C)N)o1. The van der Waals surface area contributed by atoms with E-state index < -0.39 is 0 Å². The Morgan fingerprint density at radius 3 is 2.57 bits per heavy atom. The van der Waals surface area contributed by atoms with E-state index in [0.29, 0.717) is 17.8 Å². The number of anilines is 1. The van der Waals surface area contributed by atoms with Gasteiger partial charge in [0.2, 0.25) is 5.89 Å². The van der Waals surface area contributed by atoms with Crippen molar-refractivity contribution in [1.29, 1.82) is 0 Å². The van der Waals surface area contributed by atoms with Gasteiger partial charge in [0.15, 0.2) is 0 Å². The normalized spacial score (nSPS) is 13.2. The predicted molar refractivity (Wildman–Crippen MR) is 54.8 cm³/mol. The second-order valence-corrected chi connectivity index (χ2v) is 3.84. The summed E-state index contributed by atoms with van der Waals surface area (Å²) in [6.07, 6.45) is 1.08. The number of nitrogens with one attached hydrogen (secondary N) is 1. The first-order valence-corrected chi connectivity index (χ1v) is 4.92. The summed E-state index contributed by atoms with van der Waals surface area (Å²) in [4.78, 5) is 0. The van der Waals surface area contributed by atoms with Crippen LogP contribution in [-0.2, 0) is 0 Å². The molecule has 0 aromatic carbocycles. The molecule has 0 bridgehead atoms. The molecular weight excluding hydrogens is 180 g/mol. The zero-order valence-corrected chi connectivity index (χ0v) is 8.95. The molecule has 0 aliphatic heterocycles. The predicted octanol–water partition coefficient (Wildman–Crippen LogP) is 1.55. The summed E-state index contributed by atoms with van der Waals surface area (Å²) in [5, 5.41) is 10.7. The molecule has 0 saturated heterocycles. The highest BCUT2D eigenvalue weighted by atomic mass is 16.4. The quantitative estimate of drug-likeness (QED) is 0.750. The largest absolute Gasteiger partial charge is 0.406 e. The molecule has 0 spiro atoms. The van der Waals surface area contributed by atoms with E-state index >= 15 is 0 Å². The fourth-order valence-corrected chi connectivity index (χ4v) is 0.958. The molecule has 5 heteroatoms. The molecule has 1 rings (SSSR count). The van der Waals surface area contributed by atoms with Gasteiger partial charge in [-0.05, 0) is 19.3 Å². The lowest BCUT2D eigenvalue weighted by Crippen LogP contribution is -2.05. The lowest BCUT2D eigenvalue weighted by atomic mass is 10.1. The molecule has 5 nitrogen and oxygen atoms in total. The van der Waals surface area contributed by atoms with Gasteiger partial charge in [0.1, 0.15) is 0 Å². The van der Waals surface area contributed by atoms with E-state index in [1.807, 2.05) is 6.92 Å². The van der Waals surface area contributed by atoms with Gasteiger partial charge in [0.25, 0.3) is 0 Å². The summed E-state index contributed by atoms with van der Waals surface area (Å²) >= 11 is 0. The minimum Gasteiger partial charge on any atom is -0.406 e. The van der Waals surface area contributed by atoms with E-state index in [2.05, 4.69) is 29.4 Å². The Bertz CT molecular complexity index is 270. The molecule has 80 valence electrons. The Balaban J connectivity index is 2.36. The number of aromatic nitrogens is 2. The summed E-state index contributed by atoms with van der Waals surface area (Å²) in [5.74, 6) is 1.13. The molecule has 0 amide bonds. The van der Waals surface area contributed by atoms with Crippen molar-refractivity contribution >= 4 is 6.01 Å². The molecule has 3 N–H and O–H groups in total. The lowest BCUT2D eigenvalue weighted by Gasteiger charge is -2.03. The van der Waals surface area contributed by atoms with E-state index in [1.54, 1.807) is 0 Å². The topological polar surface area (TPSA) is 77.0 Å². The Morgan fingerprint density at radius 2 is 2.07 bits per heavy atom. The molecule has 0 aliphatic carbocycles. The third-order valence-corrected chi connectivity index (χ3v) is 1.83. The summed E-state index contributed by atoms with van der Waals surface area (Å²) in [6.45, 7) is 7.00. The van der Waals surface area contributed by atoms with Crippen LogP contribution in [0.15, 0.2) is 4.42 Å². The highest BCUT2D eigenvalue weighted by Crippen LogP contribution is 2.11. The van der Waals surface area contributed by atoms with Crippen LogP contribution >= 0.6 is 0 Å². The number of nitrogens with zero attached hydrogens (tertiary/aromatic N) is 2. The highest BCUT2D eigenvalue weighted by molar-refractivity contribution is 5.16. The molecule has 0 radical (unpaired) electrons. The maximum absolute atomic E-state index is 5.58. The molecule has 0 fully saturated rings. The average Bonchev–Trinajstić information content (AvgIpc) is 2.52. The standard InChI is InChI=1S/C9H18N4O/c1-6(2)4-5-11-9-13-12-8(14-9)7(3)10/h6-7H,4-5,10H2,1-3H3,(H,11,13). The summed E-state index contributed by atoms with van der Waals surface area (Å²) in [6, 6.07) is 0.251. The van der Waals surface area contributed by atoms with Crippen molar-refractivity contribution in [2.24, 2.45) is 11.7 Å². The second kappa shape index (κ2) is 4.95. The number of hydrogen-bond acceptors (Lipinski definition) is 5. The number of nitrogens with two attached hydrogens (primary N) is 1. The fraction of sp³-hybridized carbons (Fsp3) is 0.778. The first-order chi connectivity index (χ1) is 6.59. The van der Waals surface area contributed by atoms with Crippen LogP contribution in [0.5, 0.6) is 0 Å². The zero-order valence-electron chi connectivity index (χ0n) is 8.95. The van der Waals surface area contributed by atoms with Crippen LogP contribution < -0.4 is 11.1 Å². The van der Waals surface area contributed by atoms with Gasteiger partial charge in [-0.1, -0.05) is 18.9 Å². The van der Waals surface area contributed by atoms with Gasteiger partial charge in [0.05, 0.1) is 6.04 Å². The van der Waals surface area contributed by atoms with E-state index in [4.69, 9.17) is 10.2 Å². The van der Waals surface area contributed by atoms with E-state index in [0.717, 1.165) is 13.0 Å². The van der Waals surface area contributed by atoms with Crippen molar-refractivity contribution in [3.8, 4) is 0 Å². The smallest absolute Gasteiger partial charge is 0.315 e. The molecule has 1 aromatic heterocycles. The molecule has 0 aliphatic rings. The van der Waals surface area contributed by atoms with Crippen molar-refractivity contribution in [2.45, 2.75) is 33.2 Å². The molecular formula is C9H18N4O. The van der Waals surface area contributed by atoms with Crippen LogP contribution in [0, 0.1) is 5.92 Å². The monoisotopic (exact) mass is 198 g/mol.